The predicted molar refractivity (Wildman–Crippen MR) is 83.0 cm³/mol. The smallest absolute Gasteiger partial charge is 0.184 e. The van der Waals surface area contributed by atoms with Crippen molar-refractivity contribution in [3.8, 4) is 0 Å². The molecule has 0 aromatic heterocycles. The molecule has 22 heavy (non-hydrogen) atoms. The van der Waals surface area contributed by atoms with Crippen molar-refractivity contribution < 1.29 is 14.7 Å². The lowest BCUT2D eigenvalue weighted by Crippen LogP contribution is -2.55. The van der Waals surface area contributed by atoms with E-state index in [-0.39, 0.29) is 22.5 Å². The van der Waals surface area contributed by atoms with Crippen LogP contribution in [-0.2, 0) is 9.59 Å². The van der Waals surface area contributed by atoms with Crippen LogP contribution in [0.2, 0.25) is 0 Å². The first-order chi connectivity index (χ1) is 10.4. The summed E-state index contributed by atoms with van der Waals surface area (Å²) in [6.45, 7) is 4.42. The molecule has 7 atom stereocenters. The summed E-state index contributed by atoms with van der Waals surface area (Å²) < 4.78 is 0. The molecule has 3 fully saturated rings. The normalized spacial score (nSPS) is 53.9. The third-order valence-electron chi connectivity index (χ3n) is 7.83. The lowest BCUT2D eigenvalue weighted by molar-refractivity contribution is -0.144. The highest BCUT2D eigenvalue weighted by molar-refractivity contribution is 5.94. The van der Waals surface area contributed by atoms with Crippen LogP contribution in [0.1, 0.15) is 52.4 Å². The molecule has 3 saturated carbocycles. The molecule has 1 N–H and O–H groups in total. The van der Waals surface area contributed by atoms with Gasteiger partial charge in [-0.15, -0.1) is 0 Å². The van der Waals surface area contributed by atoms with E-state index >= 15 is 0 Å². The Morgan fingerprint density at radius 1 is 1.05 bits per heavy atom. The Morgan fingerprint density at radius 2 is 1.82 bits per heavy atom. The highest BCUT2D eigenvalue weighted by Gasteiger charge is 2.60. The first-order valence-corrected chi connectivity index (χ1v) is 8.82. The molecule has 4 aliphatic rings. The number of aliphatic hydroxyl groups is 1. The summed E-state index contributed by atoms with van der Waals surface area (Å²) in [5, 5.41) is 10.4. The maximum atomic E-state index is 12.4. The van der Waals surface area contributed by atoms with E-state index in [2.05, 4.69) is 19.9 Å². The second-order valence-electron chi connectivity index (χ2n) is 8.53. The van der Waals surface area contributed by atoms with E-state index in [1.54, 1.807) is 6.08 Å². The average Bonchev–Trinajstić information content (AvgIpc) is 2.79. The molecule has 0 aromatic rings. The van der Waals surface area contributed by atoms with Gasteiger partial charge < -0.3 is 5.11 Å². The van der Waals surface area contributed by atoms with Gasteiger partial charge in [-0.25, -0.2) is 0 Å². The molecule has 4 aliphatic carbocycles. The summed E-state index contributed by atoms with van der Waals surface area (Å²) in [6, 6.07) is 0. The summed E-state index contributed by atoms with van der Waals surface area (Å²) in [5.41, 5.74) is -0.180. The van der Waals surface area contributed by atoms with Crippen molar-refractivity contribution in [2.45, 2.75) is 58.5 Å². The molecular formula is C19H26O3. The van der Waals surface area contributed by atoms with Crippen molar-refractivity contribution in [3.05, 3.63) is 12.2 Å². The van der Waals surface area contributed by atoms with Crippen LogP contribution in [0.15, 0.2) is 12.2 Å². The highest BCUT2D eigenvalue weighted by Crippen LogP contribution is 2.64. The largest absolute Gasteiger partial charge is 0.385 e. The number of fused-ring (bicyclic) bond motifs is 5. The Balaban J connectivity index is 1.71. The molecule has 3 heteroatoms. The van der Waals surface area contributed by atoms with Gasteiger partial charge in [0.1, 0.15) is 11.9 Å². The van der Waals surface area contributed by atoms with Crippen LogP contribution < -0.4 is 0 Å². The zero-order chi connectivity index (χ0) is 15.7. The minimum Gasteiger partial charge on any atom is -0.385 e. The molecule has 0 spiro atoms. The van der Waals surface area contributed by atoms with Gasteiger partial charge in [0.2, 0.25) is 0 Å². The number of ketones is 2. The van der Waals surface area contributed by atoms with Crippen LogP contribution in [0.5, 0.6) is 0 Å². The summed E-state index contributed by atoms with van der Waals surface area (Å²) in [5.74, 6) is 2.01. The van der Waals surface area contributed by atoms with E-state index in [4.69, 9.17) is 0 Å². The fourth-order valence-electron chi connectivity index (χ4n) is 6.50. The number of hydrogen-bond donors (Lipinski definition) is 1. The number of aliphatic hydroxyl groups excluding tert-OH is 1. The fraction of sp³-hybridized carbons (Fsp3) is 0.789. The van der Waals surface area contributed by atoms with Crippen LogP contribution in [0.3, 0.4) is 0 Å². The molecule has 3 nitrogen and oxygen atoms in total. The zero-order valence-corrected chi connectivity index (χ0v) is 13.5. The van der Waals surface area contributed by atoms with E-state index in [0.29, 0.717) is 23.5 Å². The van der Waals surface area contributed by atoms with E-state index in [9.17, 15) is 14.7 Å². The van der Waals surface area contributed by atoms with Gasteiger partial charge in [-0.1, -0.05) is 19.9 Å². The summed E-state index contributed by atoms with van der Waals surface area (Å²) in [4.78, 5) is 24.2. The standard InChI is InChI=1S/C19H26O3/c1-18-10-8-15(20)17(22)14(18)4-3-11-12-5-6-16(21)19(12,2)9-7-13(11)18/h8,10-14,17,22H,3-7,9H2,1-2H3/t11-,12-,13-,14?,17?,18+,19-/m0/s1. The molecule has 120 valence electrons. The molecule has 0 amide bonds. The second-order valence-corrected chi connectivity index (χ2v) is 8.53. The van der Waals surface area contributed by atoms with Gasteiger partial charge in [-0.2, -0.15) is 0 Å². The number of rotatable bonds is 0. The maximum Gasteiger partial charge on any atom is 0.184 e. The van der Waals surface area contributed by atoms with E-state index in [1.807, 2.05) is 0 Å². The van der Waals surface area contributed by atoms with Crippen molar-refractivity contribution >= 4 is 11.6 Å². The lowest BCUT2D eigenvalue weighted by atomic mass is 9.46. The number of Topliss-reactive ketones (excluding diaryl/α,β-unsaturated/α-hetero) is 1. The van der Waals surface area contributed by atoms with Crippen molar-refractivity contribution in [2.75, 3.05) is 0 Å². The number of hydrogen-bond acceptors (Lipinski definition) is 3. The van der Waals surface area contributed by atoms with Gasteiger partial charge in [0.25, 0.3) is 0 Å². The van der Waals surface area contributed by atoms with Gasteiger partial charge in [0.05, 0.1) is 0 Å². The van der Waals surface area contributed by atoms with Crippen molar-refractivity contribution in [2.24, 2.45) is 34.5 Å². The van der Waals surface area contributed by atoms with Gasteiger partial charge in [-0.05, 0) is 61.3 Å². The summed E-state index contributed by atoms with van der Waals surface area (Å²) in [6.07, 6.45) is 8.69. The molecule has 0 saturated heterocycles. The third kappa shape index (κ3) is 1.66. The first-order valence-electron chi connectivity index (χ1n) is 8.82. The fourth-order valence-corrected chi connectivity index (χ4v) is 6.50. The SMILES string of the molecule is C[C@]12C=CC(=O)C(O)C1CC[C@@H]1[C@@H]2CC[C@]2(C)C(=O)CC[C@@H]12. The second kappa shape index (κ2) is 4.53. The Labute approximate surface area is 132 Å². The molecule has 0 heterocycles. The maximum absolute atomic E-state index is 12.4. The molecular weight excluding hydrogens is 276 g/mol. The number of carbonyl (C=O) groups is 2. The topological polar surface area (TPSA) is 54.4 Å². The molecule has 0 aliphatic heterocycles. The van der Waals surface area contributed by atoms with Crippen LogP contribution >= 0.6 is 0 Å². The molecule has 0 bridgehead atoms. The average molecular weight is 302 g/mol. The van der Waals surface area contributed by atoms with Gasteiger partial charge in [-0.3, -0.25) is 9.59 Å². The van der Waals surface area contributed by atoms with Crippen molar-refractivity contribution in [1.29, 1.82) is 0 Å². The van der Waals surface area contributed by atoms with Crippen LogP contribution in [0, 0.1) is 34.5 Å². The number of carbonyl (C=O) groups excluding carboxylic acids is 2. The quantitative estimate of drug-likeness (QED) is 0.748. The van der Waals surface area contributed by atoms with E-state index < -0.39 is 6.10 Å². The van der Waals surface area contributed by atoms with Crippen molar-refractivity contribution in [3.63, 3.8) is 0 Å². The summed E-state index contributed by atoms with van der Waals surface area (Å²) in [7, 11) is 0. The zero-order valence-electron chi connectivity index (χ0n) is 13.5. The Bertz CT molecular complexity index is 565. The Morgan fingerprint density at radius 3 is 2.59 bits per heavy atom. The predicted octanol–water partition coefficient (Wildman–Crippen LogP) is 2.91. The van der Waals surface area contributed by atoms with E-state index in [0.717, 1.165) is 38.5 Å². The molecule has 2 unspecified atom stereocenters. The minimum atomic E-state index is -0.825. The minimum absolute atomic E-state index is 0.0627. The van der Waals surface area contributed by atoms with Crippen molar-refractivity contribution in [1.82, 2.24) is 0 Å². The van der Waals surface area contributed by atoms with E-state index in [1.165, 1.54) is 0 Å². The van der Waals surface area contributed by atoms with Crippen LogP contribution in [0.25, 0.3) is 0 Å². The Hall–Kier alpha value is -0.960. The number of allylic oxidation sites excluding steroid dienone is 1. The monoisotopic (exact) mass is 302 g/mol. The lowest BCUT2D eigenvalue weighted by Gasteiger charge is -2.58. The summed E-state index contributed by atoms with van der Waals surface area (Å²) >= 11 is 0. The first kappa shape index (κ1) is 14.6. The van der Waals surface area contributed by atoms with Gasteiger partial charge in [0.15, 0.2) is 5.78 Å². The highest BCUT2D eigenvalue weighted by atomic mass is 16.3. The van der Waals surface area contributed by atoms with Crippen LogP contribution in [0.4, 0.5) is 0 Å². The molecule has 0 aromatic carbocycles. The van der Waals surface area contributed by atoms with Gasteiger partial charge >= 0.3 is 0 Å². The molecule has 0 radical (unpaired) electrons. The van der Waals surface area contributed by atoms with Gasteiger partial charge in [0, 0.05) is 17.8 Å². The third-order valence-corrected chi connectivity index (χ3v) is 7.83. The Kier molecular flexibility index (Phi) is 3.01. The van der Waals surface area contributed by atoms with Crippen LogP contribution in [-0.4, -0.2) is 22.8 Å². The molecule has 4 rings (SSSR count).